The number of rotatable bonds is 6. The maximum absolute atomic E-state index is 10.9. The molecule has 2 atom stereocenters. The van der Waals surface area contributed by atoms with Crippen molar-refractivity contribution in [2.75, 3.05) is 26.2 Å². The SMILES string of the molecule is CC(O)(CN1CCCC(COc2ccccc2)C1)c1ccc(Cl)cc1. The highest BCUT2D eigenvalue weighted by molar-refractivity contribution is 6.30. The monoisotopic (exact) mass is 359 g/mol. The molecule has 0 amide bonds. The predicted octanol–water partition coefficient (Wildman–Crippen LogP) is 4.34. The maximum atomic E-state index is 10.9. The molecule has 134 valence electrons. The minimum atomic E-state index is -0.882. The fraction of sp³-hybridized carbons (Fsp3) is 0.429. The van der Waals surface area contributed by atoms with Crippen LogP contribution in [-0.4, -0.2) is 36.2 Å². The van der Waals surface area contributed by atoms with Crippen LogP contribution in [0.4, 0.5) is 0 Å². The lowest BCUT2D eigenvalue weighted by atomic mass is 9.92. The molecule has 1 aliphatic rings. The van der Waals surface area contributed by atoms with Crippen molar-refractivity contribution < 1.29 is 9.84 Å². The molecule has 2 unspecified atom stereocenters. The second kappa shape index (κ2) is 8.22. The van der Waals surface area contributed by atoms with Gasteiger partial charge in [0.15, 0.2) is 0 Å². The zero-order valence-electron chi connectivity index (χ0n) is 14.7. The Hall–Kier alpha value is -1.55. The van der Waals surface area contributed by atoms with E-state index in [0.717, 1.165) is 37.4 Å². The topological polar surface area (TPSA) is 32.7 Å². The van der Waals surface area contributed by atoms with Crippen LogP contribution in [0.3, 0.4) is 0 Å². The first-order valence-corrected chi connectivity index (χ1v) is 9.29. The second-order valence-corrected chi connectivity index (χ2v) is 7.58. The predicted molar refractivity (Wildman–Crippen MR) is 102 cm³/mol. The summed E-state index contributed by atoms with van der Waals surface area (Å²) >= 11 is 5.95. The Labute approximate surface area is 155 Å². The molecule has 25 heavy (non-hydrogen) atoms. The van der Waals surface area contributed by atoms with E-state index < -0.39 is 5.60 Å². The highest BCUT2D eigenvalue weighted by Crippen LogP contribution is 2.26. The summed E-state index contributed by atoms with van der Waals surface area (Å²) < 4.78 is 5.92. The number of likely N-dealkylation sites (tertiary alicyclic amines) is 1. The average molecular weight is 360 g/mol. The number of para-hydroxylation sites is 1. The molecule has 0 radical (unpaired) electrons. The summed E-state index contributed by atoms with van der Waals surface area (Å²) in [5.41, 5.74) is 0.0202. The number of hydrogen-bond donors (Lipinski definition) is 1. The minimum Gasteiger partial charge on any atom is -0.493 e. The molecule has 1 aliphatic heterocycles. The first kappa shape index (κ1) is 18.2. The number of hydrogen-bond acceptors (Lipinski definition) is 3. The van der Waals surface area contributed by atoms with Crippen molar-refractivity contribution in [2.45, 2.75) is 25.4 Å². The van der Waals surface area contributed by atoms with Crippen molar-refractivity contribution >= 4 is 11.6 Å². The smallest absolute Gasteiger partial charge is 0.119 e. The Balaban J connectivity index is 1.54. The molecule has 1 fully saturated rings. The zero-order valence-corrected chi connectivity index (χ0v) is 15.5. The van der Waals surface area contributed by atoms with E-state index in [2.05, 4.69) is 4.90 Å². The van der Waals surface area contributed by atoms with Gasteiger partial charge in [-0.25, -0.2) is 0 Å². The molecule has 3 rings (SSSR count). The molecule has 1 saturated heterocycles. The largest absolute Gasteiger partial charge is 0.493 e. The molecule has 0 bridgehead atoms. The van der Waals surface area contributed by atoms with Gasteiger partial charge in [-0.2, -0.15) is 0 Å². The van der Waals surface area contributed by atoms with Gasteiger partial charge < -0.3 is 9.84 Å². The van der Waals surface area contributed by atoms with Crippen molar-refractivity contribution in [3.63, 3.8) is 0 Å². The summed E-state index contributed by atoms with van der Waals surface area (Å²) in [6, 6.07) is 17.4. The van der Waals surface area contributed by atoms with E-state index in [1.807, 2.05) is 61.5 Å². The minimum absolute atomic E-state index is 0.495. The lowest BCUT2D eigenvalue weighted by Crippen LogP contribution is -2.45. The number of halogens is 1. The number of benzene rings is 2. The van der Waals surface area contributed by atoms with Crippen LogP contribution < -0.4 is 4.74 Å². The van der Waals surface area contributed by atoms with Gasteiger partial charge in [0.05, 0.1) is 12.2 Å². The van der Waals surface area contributed by atoms with Crippen LogP contribution in [-0.2, 0) is 5.60 Å². The molecule has 2 aromatic rings. The Morgan fingerprint density at radius 3 is 2.60 bits per heavy atom. The Bertz CT molecular complexity index is 657. The van der Waals surface area contributed by atoms with Crippen molar-refractivity contribution in [3.8, 4) is 5.75 Å². The summed E-state index contributed by atoms with van der Waals surface area (Å²) in [6.45, 7) is 5.20. The number of β-amino-alcohol motifs (C(OH)–C–C–N with tert-alkyl or cyclic N) is 1. The van der Waals surface area contributed by atoms with E-state index in [4.69, 9.17) is 16.3 Å². The van der Waals surface area contributed by atoms with E-state index >= 15 is 0 Å². The van der Waals surface area contributed by atoms with Crippen molar-refractivity contribution in [1.29, 1.82) is 0 Å². The van der Waals surface area contributed by atoms with Crippen LogP contribution in [0.25, 0.3) is 0 Å². The zero-order chi connectivity index (χ0) is 17.7. The molecule has 0 aromatic heterocycles. The maximum Gasteiger partial charge on any atom is 0.119 e. The van der Waals surface area contributed by atoms with E-state index in [9.17, 15) is 5.11 Å². The van der Waals surface area contributed by atoms with Gasteiger partial charge in [0.2, 0.25) is 0 Å². The normalized spacial score (nSPS) is 20.8. The first-order chi connectivity index (χ1) is 12.0. The molecule has 1 heterocycles. The van der Waals surface area contributed by atoms with Gasteiger partial charge in [0.25, 0.3) is 0 Å². The Kier molecular flexibility index (Phi) is 6.00. The van der Waals surface area contributed by atoms with Gasteiger partial charge in [-0.05, 0) is 56.1 Å². The van der Waals surface area contributed by atoms with Crippen LogP contribution in [0, 0.1) is 5.92 Å². The summed E-state index contributed by atoms with van der Waals surface area (Å²) in [4.78, 5) is 2.34. The van der Waals surface area contributed by atoms with Gasteiger partial charge in [0.1, 0.15) is 5.75 Å². The van der Waals surface area contributed by atoms with Crippen LogP contribution >= 0.6 is 11.6 Å². The lowest BCUT2D eigenvalue weighted by molar-refractivity contribution is -0.000551. The molecule has 2 aromatic carbocycles. The van der Waals surface area contributed by atoms with Crippen LogP contribution in [0.15, 0.2) is 54.6 Å². The third-order valence-electron chi connectivity index (χ3n) is 4.83. The van der Waals surface area contributed by atoms with Crippen molar-refractivity contribution in [2.24, 2.45) is 5.92 Å². The fourth-order valence-electron chi connectivity index (χ4n) is 3.50. The molecule has 3 nitrogen and oxygen atoms in total. The van der Waals surface area contributed by atoms with Crippen LogP contribution in [0.5, 0.6) is 5.75 Å². The summed E-state index contributed by atoms with van der Waals surface area (Å²) in [5, 5.41) is 11.6. The van der Waals surface area contributed by atoms with E-state index in [-0.39, 0.29) is 0 Å². The highest BCUT2D eigenvalue weighted by atomic mass is 35.5. The Morgan fingerprint density at radius 2 is 1.88 bits per heavy atom. The number of aliphatic hydroxyl groups is 1. The quantitative estimate of drug-likeness (QED) is 0.832. The standard InChI is InChI=1S/C21H26ClNO2/c1-21(24,18-9-11-19(22)12-10-18)16-23-13-5-6-17(14-23)15-25-20-7-3-2-4-8-20/h2-4,7-12,17,24H,5-6,13-16H2,1H3. The third-order valence-corrected chi connectivity index (χ3v) is 5.08. The molecule has 0 aliphatic carbocycles. The van der Waals surface area contributed by atoms with Crippen LogP contribution in [0.2, 0.25) is 5.02 Å². The molecule has 4 heteroatoms. The van der Waals surface area contributed by atoms with Crippen molar-refractivity contribution in [3.05, 3.63) is 65.2 Å². The second-order valence-electron chi connectivity index (χ2n) is 7.15. The van der Waals surface area contributed by atoms with E-state index in [1.165, 1.54) is 6.42 Å². The van der Waals surface area contributed by atoms with E-state index in [1.54, 1.807) is 0 Å². The molecule has 0 saturated carbocycles. The first-order valence-electron chi connectivity index (χ1n) is 8.91. The summed E-state index contributed by atoms with van der Waals surface area (Å²) in [5.74, 6) is 1.42. The van der Waals surface area contributed by atoms with Gasteiger partial charge in [0, 0.05) is 24.0 Å². The number of piperidine rings is 1. The Morgan fingerprint density at radius 1 is 1.16 bits per heavy atom. The number of ether oxygens (including phenoxy) is 1. The summed E-state index contributed by atoms with van der Waals surface area (Å²) in [7, 11) is 0. The molecule has 0 spiro atoms. The van der Waals surface area contributed by atoms with E-state index in [0.29, 0.717) is 17.5 Å². The highest BCUT2D eigenvalue weighted by Gasteiger charge is 2.29. The molecule has 1 N–H and O–H groups in total. The van der Waals surface area contributed by atoms with Gasteiger partial charge in [-0.3, -0.25) is 4.90 Å². The lowest BCUT2D eigenvalue weighted by Gasteiger charge is -2.37. The molecular formula is C21H26ClNO2. The molecular weight excluding hydrogens is 334 g/mol. The third kappa shape index (κ3) is 5.21. The van der Waals surface area contributed by atoms with Gasteiger partial charge in [-0.15, -0.1) is 0 Å². The van der Waals surface area contributed by atoms with Crippen molar-refractivity contribution in [1.82, 2.24) is 4.90 Å². The van der Waals surface area contributed by atoms with Crippen LogP contribution in [0.1, 0.15) is 25.3 Å². The fourth-order valence-corrected chi connectivity index (χ4v) is 3.62. The van der Waals surface area contributed by atoms with Gasteiger partial charge in [-0.1, -0.05) is 41.9 Å². The van der Waals surface area contributed by atoms with Gasteiger partial charge >= 0.3 is 0 Å². The number of nitrogens with zero attached hydrogens (tertiary/aromatic N) is 1. The summed E-state index contributed by atoms with van der Waals surface area (Å²) in [6.07, 6.45) is 2.31. The average Bonchev–Trinajstić information content (AvgIpc) is 2.61.